The number of urea groups is 1. The van der Waals surface area contributed by atoms with Crippen molar-refractivity contribution < 1.29 is 72.1 Å². The van der Waals surface area contributed by atoms with Gasteiger partial charge in [0.1, 0.15) is 43.6 Å². The molecule has 0 saturated carbocycles. The molecule has 5 aliphatic rings. The maximum Gasteiger partial charge on any atom is 0.413 e. The van der Waals surface area contributed by atoms with Gasteiger partial charge in [-0.25, -0.2) is 19.6 Å². The van der Waals surface area contributed by atoms with E-state index in [0.29, 0.717) is 131 Å². The van der Waals surface area contributed by atoms with Crippen molar-refractivity contribution in [2.24, 2.45) is 11.7 Å². The molecule has 2 unspecified atom stereocenters. The number of fused-ring (bicyclic) bond motifs is 2. The zero-order valence-corrected chi connectivity index (χ0v) is 68.8. The van der Waals surface area contributed by atoms with Crippen LogP contribution >= 0.6 is 11.3 Å². The number of rotatable bonds is 40. The Labute approximate surface area is 695 Å². The fourth-order valence-corrected chi connectivity index (χ4v) is 16.8. The van der Waals surface area contributed by atoms with Gasteiger partial charge in [0.05, 0.1) is 39.6 Å². The van der Waals surface area contributed by atoms with Gasteiger partial charge in [-0.1, -0.05) is 68.8 Å². The summed E-state index contributed by atoms with van der Waals surface area (Å²) in [6.45, 7) is 16.4. The van der Waals surface area contributed by atoms with Gasteiger partial charge in [0.2, 0.25) is 35.4 Å². The Hall–Kier alpha value is -11.6. The number of unbranched alkanes of at least 4 members (excludes halogenated alkanes) is 4. The van der Waals surface area contributed by atoms with E-state index in [4.69, 9.17) is 24.5 Å². The van der Waals surface area contributed by atoms with E-state index in [-0.39, 0.29) is 128 Å². The number of anilines is 4. The Morgan fingerprint density at radius 1 is 0.731 bits per heavy atom. The van der Waals surface area contributed by atoms with Crippen LogP contribution in [0.1, 0.15) is 146 Å². The highest BCUT2D eigenvalue weighted by Crippen LogP contribution is 2.41. The third-order valence-electron chi connectivity index (χ3n) is 22.3. The van der Waals surface area contributed by atoms with Crippen LogP contribution in [-0.4, -0.2) is 230 Å². The Morgan fingerprint density at radius 3 is 2.18 bits per heavy atom. The van der Waals surface area contributed by atoms with Crippen molar-refractivity contribution in [2.45, 2.75) is 173 Å². The number of hydrogen-bond donors (Lipinski definition) is 9. The number of imide groups is 1. The summed E-state index contributed by atoms with van der Waals surface area (Å²) in [7, 11) is 0. The van der Waals surface area contributed by atoms with Gasteiger partial charge in [-0.2, -0.15) is 0 Å². The molecule has 8 atom stereocenters. The van der Waals surface area contributed by atoms with E-state index in [9.17, 15) is 53.4 Å². The lowest BCUT2D eigenvalue weighted by atomic mass is 9.91. The number of nitrogens with one attached hydrogen (secondary N) is 6. The lowest BCUT2D eigenvalue weighted by Crippen LogP contribution is -2.54. The Balaban J connectivity index is 0.570. The number of ether oxygens (including phenoxy) is 3. The zero-order valence-electron chi connectivity index (χ0n) is 67.9. The number of phenolic OH excluding ortho intramolecular Hbond substituents is 1. The molecule has 33 nitrogen and oxygen atoms in total. The second kappa shape index (κ2) is 41.7. The van der Waals surface area contributed by atoms with Gasteiger partial charge in [-0.05, 0) is 143 Å². The maximum absolute atomic E-state index is 14.4. The number of aromatic hydroxyl groups is 1. The lowest BCUT2D eigenvalue weighted by molar-refractivity contribution is -0.141. The number of carbonyl (C=O) groups is 9. The molecular formula is C85H108N18O15S. The standard InChI is InChI=1S/C85H108N18O15S/c1-53(2)78(83(112)102-50-64(104)44-69(102)82(111)91-55(4)58-22-24-59(25-23-58)79-56(5)90-52-119-79)71-46-75(97-118-71)116-41-39-98-37-38-99(54(3)47-98)40-42-115-74-43-61(32-35-88-74)103-62-28-29-63(103)49-100(48-62)68-45-67(65-15-10-11-17-70(65)105)95-96-80(68)94-85(114)117-51-57-20-26-60(27-21-57)92-81(110)66(16-14-34-89-84(86)113)93-73(107)19-9-6-8-18-72(106)87-33-12-7-13-36-101-76(108)30-31-77(101)109/h10-11,15,17,20-27,30-32,35,43,45-46,52-55,62-64,66,69,78,104-105H,6-9,12-14,16,18-19,28-29,33-34,36-42,44,47-51H2,1-5H3,(H,87,106)(H,91,111)(H,92,110)(H,93,107)(H3,86,89,113)(H,94,96,114)/t54-,55+,62?,63?,64-,66+,69+,78-/m1/s1. The predicted molar refractivity (Wildman–Crippen MR) is 446 cm³/mol. The number of hydrogen-bond acceptors (Lipinski definition) is 25. The largest absolute Gasteiger partial charge is 0.507 e. The summed E-state index contributed by atoms with van der Waals surface area (Å²) in [5.74, 6) is -1.91. The minimum Gasteiger partial charge on any atom is -0.507 e. The fraction of sp³-hybridized carbons (Fsp3) is 0.482. The van der Waals surface area contributed by atoms with E-state index in [2.05, 4.69) is 83.7 Å². The number of para-hydroxylation sites is 1. The number of primary amides is 1. The number of benzene rings is 3. The molecule has 10 N–H and O–H groups in total. The summed E-state index contributed by atoms with van der Waals surface area (Å²) < 4.78 is 24.0. The van der Waals surface area contributed by atoms with E-state index in [0.717, 1.165) is 66.3 Å². The third-order valence-corrected chi connectivity index (χ3v) is 23.3. The molecule has 0 radical (unpaired) electrons. The summed E-state index contributed by atoms with van der Waals surface area (Å²) in [5, 5.41) is 51.9. The van der Waals surface area contributed by atoms with Gasteiger partial charge in [-0.3, -0.25) is 53.6 Å². The average Bonchev–Trinajstić information content (AvgIpc) is 1.67. The van der Waals surface area contributed by atoms with Crippen molar-refractivity contribution in [2.75, 3.05) is 106 Å². The molecule has 119 heavy (non-hydrogen) atoms. The molecule has 34 heteroatoms. The number of piperazine rings is 2. The van der Waals surface area contributed by atoms with Crippen LogP contribution in [-0.2, 0) is 44.9 Å². The zero-order chi connectivity index (χ0) is 84.1. The first-order valence-electron chi connectivity index (χ1n) is 41.1. The summed E-state index contributed by atoms with van der Waals surface area (Å²) in [5.41, 5.74) is 13.5. The van der Waals surface area contributed by atoms with Gasteiger partial charge >= 0.3 is 12.1 Å². The quantitative estimate of drug-likeness (QED) is 0.0129. The van der Waals surface area contributed by atoms with Gasteiger partial charge < -0.3 is 76.0 Å². The van der Waals surface area contributed by atoms with Crippen LogP contribution in [0.2, 0.25) is 0 Å². The number of β-amino-alcohol motifs (C(OH)–C–C–N with tert-alkyl or cyclic N) is 1. The first-order chi connectivity index (χ1) is 57.5. The topological polar surface area (TPSA) is 417 Å². The first kappa shape index (κ1) is 86.7. The summed E-state index contributed by atoms with van der Waals surface area (Å²) in [6, 6.07) is 26.4. The van der Waals surface area contributed by atoms with Crippen LogP contribution in [0.3, 0.4) is 0 Å². The number of amides is 10. The lowest BCUT2D eigenvalue weighted by Gasteiger charge is -2.43. The molecule has 9 heterocycles. The van der Waals surface area contributed by atoms with Crippen molar-refractivity contribution in [3.8, 4) is 39.2 Å². The van der Waals surface area contributed by atoms with Crippen molar-refractivity contribution in [3.63, 3.8) is 0 Å². The molecule has 3 aromatic carbocycles. The van der Waals surface area contributed by atoms with Gasteiger partial charge in [-0.15, -0.1) is 21.5 Å². The number of phenols is 1. The first-order valence-corrected chi connectivity index (χ1v) is 42.0. The maximum atomic E-state index is 14.4. The molecule has 4 fully saturated rings. The van der Waals surface area contributed by atoms with E-state index < -0.39 is 42.1 Å². The Bertz CT molecular complexity index is 4670. The molecule has 12 rings (SSSR count). The van der Waals surface area contributed by atoms with Crippen molar-refractivity contribution in [1.82, 2.24) is 66.2 Å². The number of aliphatic hydroxyl groups is 1. The molecule has 7 aromatic rings. The molecule has 634 valence electrons. The Kier molecular flexibility index (Phi) is 30.4. The SMILES string of the molecule is Cc1ncsc1-c1ccc([C@H](C)NC(=O)[C@@H]2C[C@@H](O)CN2C(=O)[C@@H](c2cc(OCCN3CCN(CCOc4cc(N5C6CCC5CN(c5cc(-c7ccccc7O)nnc5NC(=O)OCc5ccc(NC(=O)[C@H](CCCNC(N)=O)NC(=O)CCCCCC(=O)NCCCCCN7C(=O)C=CC7=O)cc5)C6)ccn4)[C@H](C)C3)no2)C(C)C)cc1. The van der Waals surface area contributed by atoms with E-state index in [1.807, 2.05) is 75.7 Å². The number of pyridine rings is 1. The van der Waals surface area contributed by atoms with Crippen LogP contribution in [0, 0.1) is 12.8 Å². The van der Waals surface area contributed by atoms with Crippen molar-refractivity contribution >= 4 is 87.7 Å². The normalized spacial score (nSPS) is 18.7. The average molecular weight is 1650 g/mol. The highest BCUT2D eigenvalue weighted by molar-refractivity contribution is 7.13. The highest BCUT2D eigenvalue weighted by atomic mass is 32.1. The second-order valence-electron chi connectivity index (χ2n) is 31.3. The number of aromatic nitrogens is 5. The van der Waals surface area contributed by atoms with Crippen molar-refractivity contribution in [1.29, 1.82) is 0 Å². The fourth-order valence-electron chi connectivity index (χ4n) is 16.0. The number of nitrogens with two attached hydrogens (primary N) is 1. The Morgan fingerprint density at radius 2 is 1.45 bits per heavy atom. The molecular weight excluding hydrogens is 1550 g/mol. The number of thiazole rings is 1. The predicted octanol–water partition coefficient (Wildman–Crippen LogP) is 8.35. The second-order valence-corrected chi connectivity index (χ2v) is 32.1. The highest BCUT2D eigenvalue weighted by Gasteiger charge is 2.45. The number of aryl methyl sites for hydroxylation is 1. The van der Waals surface area contributed by atoms with Crippen LogP contribution in [0.5, 0.6) is 17.5 Å². The molecule has 0 spiro atoms. The molecule has 0 aliphatic carbocycles. The van der Waals surface area contributed by atoms with E-state index >= 15 is 0 Å². The van der Waals surface area contributed by atoms with Gasteiger partial charge in [0, 0.05) is 157 Å². The van der Waals surface area contributed by atoms with Crippen LogP contribution in [0.4, 0.5) is 32.5 Å². The smallest absolute Gasteiger partial charge is 0.413 e. The molecule has 2 bridgehead atoms. The molecule has 10 amide bonds. The van der Waals surface area contributed by atoms with E-state index in [1.165, 1.54) is 22.0 Å². The van der Waals surface area contributed by atoms with Gasteiger partial charge in [0.25, 0.3) is 17.7 Å². The summed E-state index contributed by atoms with van der Waals surface area (Å²) >= 11 is 1.58. The minimum atomic E-state index is -0.953. The van der Waals surface area contributed by atoms with Crippen LogP contribution < -0.4 is 56.9 Å². The van der Waals surface area contributed by atoms with E-state index in [1.54, 1.807) is 72.1 Å². The van der Waals surface area contributed by atoms with Crippen LogP contribution in [0.15, 0.2) is 125 Å². The summed E-state index contributed by atoms with van der Waals surface area (Å²) in [4.78, 5) is 138. The molecule has 5 aliphatic heterocycles. The monoisotopic (exact) mass is 1650 g/mol. The number of likely N-dealkylation sites (tertiary alicyclic amines) is 1. The number of carbonyl (C=O) groups excluding carboxylic acids is 9. The minimum absolute atomic E-state index is 0.0194. The van der Waals surface area contributed by atoms with Gasteiger partial charge in [0.15, 0.2) is 11.6 Å². The van der Waals surface area contributed by atoms with Crippen molar-refractivity contribution in [3.05, 3.63) is 144 Å². The molecule has 4 saturated heterocycles. The summed E-state index contributed by atoms with van der Waals surface area (Å²) in [6.07, 6.45) is 9.24. The van der Waals surface area contributed by atoms with Crippen LogP contribution in [0.25, 0.3) is 21.7 Å². The number of nitrogens with zero attached hydrogens (tertiary/aromatic N) is 11. The molecule has 4 aromatic heterocycles. The third kappa shape index (κ3) is 23.6. The number of aliphatic hydroxyl groups excluding tert-OH is 1.